The predicted octanol–water partition coefficient (Wildman–Crippen LogP) is 4.16. The molecule has 0 radical (unpaired) electrons. The molecule has 0 spiro atoms. The van der Waals surface area contributed by atoms with Crippen molar-refractivity contribution in [1.82, 2.24) is 9.55 Å². The molecule has 1 aromatic heterocycles. The highest BCUT2D eigenvalue weighted by Gasteiger charge is 2.08. The summed E-state index contributed by atoms with van der Waals surface area (Å²) in [5, 5.41) is 3.38. The molecule has 0 saturated heterocycles. The number of rotatable bonds is 5. The highest BCUT2D eigenvalue weighted by Crippen LogP contribution is 2.24. The van der Waals surface area contributed by atoms with E-state index in [-0.39, 0.29) is 0 Å². The molecule has 0 aliphatic heterocycles. The molecule has 18 heavy (non-hydrogen) atoms. The van der Waals surface area contributed by atoms with Gasteiger partial charge < -0.3 is 5.32 Å². The van der Waals surface area contributed by atoms with Crippen LogP contribution in [0.5, 0.6) is 0 Å². The van der Waals surface area contributed by atoms with Gasteiger partial charge in [-0.3, -0.25) is 4.57 Å². The van der Waals surface area contributed by atoms with Crippen molar-refractivity contribution in [2.24, 2.45) is 0 Å². The molecule has 3 nitrogen and oxygen atoms in total. The van der Waals surface area contributed by atoms with Crippen LogP contribution in [0.3, 0.4) is 0 Å². The van der Waals surface area contributed by atoms with Crippen LogP contribution in [0.4, 0.5) is 5.95 Å². The summed E-state index contributed by atoms with van der Waals surface area (Å²) in [6, 6.07) is 6.20. The number of hydrogen-bond donors (Lipinski definition) is 1. The molecule has 1 heterocycles. The van der Waals surface area contributed by atoms with E-state index in [1.54, 1.807) is 0 Å². The van der Waals surface area contributed by atoms with Crippen LogP contribution in [0, 0.1) is 6.92 Å². The number of benzene rings is 1. The van der Waals surface area contributed by atoms with E-state index < -0.39 is 0 Å². The summed E-state index contributed by atoms with van der Waals surface area (Å²) in [5.74, 6) is 0.907. The average Bonchev–Trinajstić information content (AvgIpc) is 2.81. The minimum atomic E-state index is 0.907. The topological polar surface area (TPSA) is 29.9 Å². The van der Waals surface area contributed by atoms with E-state index in [9.17, 15) is 0 Å². The molecule has 2 aromatic rings. The molecule has 0 aliphatic rings. The van der Waals surface area contributed by atoms with E-state index in [0.717, 1.165) is 29.1 Å². The van der Waals surface area contributed by atoms with Crippen LogP contribution in [0.25, 0.3) is 5.69 Å². The first-order valence-corrected chi connectivity index (χ1v) is 7.06. The van der Waals surface area contributed by atoms with Gasteiger partial charge >= 0.3 is 0 Å². The second kappa shape index (κ2) is 6.05. The van der Waals surface area contributed by atoms with E-state index in [4.69, 9.17) is 0 Å². The van der Waals surface area contributed by atoms with Gasteiger partial charge in [-0.15, -0.1) is 0 Å². The second-order valence-corrected chi connectivity index (χ2v) is 5.14. The molecule has 2 rings (SSSR count). The standard InChI is InChI=1S/C14H18BrN3/c1-3-4-8-16-14-17-9-10-18(14)13-7-5-6-12(15)11(13)2/h5-7,9-10H,3-4,8H2,1-2H3,(H,16,17). The van der Waals surface area contributed by atoms with Crippen LogP contribution in [-0.4, -0.2) is 16.1 Å². The van der Waals surface area contributed by atoms with Gasteiger partial charge in [-0.1, -0.05) is 35.3 Å². The molecule has 4 heteroatoms. The maximum absolute atomic E-state index is 4.37. The van der Waals surface area contributed by atoms with Gasteiger partial charge in [0.05, 0.1) is 5.69 Å². The summed E-state index contributed by atoms with van der Waals surface area (Å²) in [7, 11) is 0. The van der Waals surface area contributed by atoms with E-state index >= 15 is 0 Å². The molecule has 0 fully saturated rings. The van der Waals surface area contributed by atoms with Gasteiger partial charge in [0.15, 0.2) is 0 Å². The van der Waals surface area contributed by atoms with Gasteiger partial charge in [0.2, 0.25) is 5.95 Å². The lowest BCUT2D eigenvalue weighted by Gasteiger charge is -2.12. The highest BCUT2D eigenvalue weighted by molar-refractivity contribution is 9.10. The summed E-state index contributed by atoms with van der Waals surface area (Å²) >= 11 is 3.57. The molecular formula is C14H18BrN3. The Bertz CT molecular complexity index is 520. The van der Waals surface area contributed by atoms with Gasteiger partial charge in [0.1, 0.15) is 0 Å². The number of halogens is 1. The lowest BCUT2D eigenvalue weighted by atomic mass is 10.2. The lowest BCUT2D eigenvalue weighted by Crippen LogP contribution is -2.08. The first-order valence-electron chi connectivity index (χ1n) is 6.26. The molecule has 0 bridgehead atoms. The Kier molecular flexibility index (Phi) is 4.42. The summed E-state index contributed by atoms with van der Waals surface area (Å²) in [5.41, 5.74) is 2.37. The number of hydrogen-bond acceptors (Lipinski definition) is 2. The van der Waals surface area contributed by atoms with Crippen molar-refractivity contribution in [3.8, 4) is 5.69 Å². The van der Waals surface area contributed by atoms with Crippen LogP contribution in [0.15, 0.2) is 35.1 Å². The Labute approximate surface area is 116 Å². The zero-order chi connectivity index (χ0) is 13.0. The van der Waals surface area contributed by atoms with Crippen molar-refractivity contribution in [3.63, 3.8) is 0 Å². The van der Waals surface area contributed by atoms with Crippen molar-refractivity contribution in [3.05, 3.63) is 40.6 Å². The van der Waals surface area contributed by atoms with E-state index in [1.807, 2.05) is 18.5 Å². The lowest BCUT2D eigenvalue weighted by molar-refractivity contribution is 0.822. The Balaban J connectivity index is 2.28. The van der Waals surface area contributed by atoms with Crippen molar-refractivity contribution in [1.29, 1.82) is 0 Å². The third kappa shape index (κ3) is 2.75. The fourth-order valence-electron chi connectivity index (χ4n) is 1.86. The van der Waals surface area contributed by atoms with Gasteiger partial charge in [-0.05, 0) is 31.0 Å². The van der Waals surface area contributed by atoms with Crippen molar-refractivity contribution >= 4 is 21.9 Å². The third-order valence-corrected chi connectivity index (χ3v) is 3.81. The summed E-state index contributed by atoms with van der Waals surface area (Å²) in [4.78, 5) is 4.37. The smallest absolute Gasteiger partial charge is 0.207 e. The summed E-state index contributed by atoms with van der Waals surface area (Å²) in [6.07, 6.45) is 6.16. The molecule has 0 amide bonds. The minimum absolute atomic E-state index is 0.907. The maximum Gasteiger partial charge on any atom is 0.207 e. The quantitative estimate of drug-likeness (QED) is 0.841. The molecule has 96 valence electrons. The number of anilines is 1. The predicted molar refractivity (Wildman–Crippen MR) is 79.4 cm³/mol. The summed E-state index contributed by atoms with van der Waals surface area (Å²) in [6.45, 7) is 5.25. The monoisotopic (exact) mass is 307 g/mol. The van der Waals surface area contributed by atoms with Crippen LogP contribution in [0.2, 0.25) is 0 Å². The SMILES string of the molecule is CCCCNc1nccn1-c1cccc(Br)c1C. The Morgan fingerprint density at radius 2 is 2.22 bits per heavy atom. The Morgan fingerprint density at radius 1 is 1.39 bits per heavy atom. The number of imidazole rings is 1. The largest absolute Gasteiger partial charge is 0.355 e. The van der Waals surface area contributed by atoms with Crippen LogP contribution < -0.4 is 5.32 Å². The van der Waals surface area contributed by atoms with Gasteiger partial charge in [-0.25, -0.2) is 4.98 Å². The zero-order valence-corrected chi connectivity index (χ0v) is 12.4. The van der Waals surface area contributed by atoms with Crippen molar-refractivity contribution < 1.29 is 0 Å². The Morgan fingerprint density at radius 3 is 3.00 bits per heavy atom. The van der Waals surface area contributed by atoms with Gasteiger partial charge in [-0.2, -0.15) is 0 Å². The van der Waals surface area contributed by atoms with Crippen LogP contribution >= 0.6 is 15.9 Å². The van der Waals surface area contributed by atoms with E-state index in [2.05, 4.69) is 56.8 Å². The highest BCUT2D eigenvalue weighted by atomic mass is 79.9. The number of nitrogens with zero attached hydrogens (tertiary/aromatic N) is 2. The fraction of sp³-hybridized carbons (Fsp3) is 0.357. The molecule has 0 atom stereocenters. The normalized spacial score (nSPS) is 10.6. The van der Waals surface area contributed by atoms with E-state index in [0.29, 0.717) is 0 Å². The van der Waals surface area contributed by atoms with E-state index in [1.165, 1.54) is 12.0 Å². The van der Waals surface area contributed by atoms with Crippen LogP contribution in [-0.2, 0) is 0 Å². The van der Waals surface area contributed by atoms with Gasteiger partial charge in [0.25, 0.3) is 0 Å². The fourth-order valence-corrected chi connectivity index (χ4v) is 2.22. The van der Waals surface area contributed by atoms with Gasteiger partial charge in [0, 0.05) is 23.4 Å². The molecule has 0 aliphatic carbocycles. The number of unbranched alkanes of at least 4 members (excludes halogenated alkanes) is 1. The molecule has 1 N–H and O–H groups in total. The second-order valence-electron chi connectivity index (χ2n) is 4.29. The van der Waals surface area contributed by atoms with Crippen molar-refractivity contribution in [2.45, 2.75) is 26.7 Å². The van der Waals surface area contributed by atoms with Crippen molar-refractivity contribution in [2.75, 3.05) is 11.9 Å². The number of aromatic nitrogens is 2. The molecule has 0 saturated carbocycles. The first kappa shape index (κ1) is 13.1. The number of nitrogens with one attached hydrogen (secondary N) is 1. The summed E-state index contributed by atoms with van der Waals surface area (Å²) < 4.78 is 3.21. The first-order chi connectivity index (χ1) is 8.74. The molecular weight excluding hydrogens is 290 g/mol. The minimum Gasteiger partial charge on any atom is -0.355 e. The zero-order valence-electron chi connectivity index (χ0n) is 10.8. The third-order valence-electron chi connectivity index (χ3n) is 2.95. The average molecular weight is 308 g/mol. The molecule has 1 aromatic carbocycles. The maximum atomic E-state index is 4.37. The molecule has 0 unspecified atom stereocenters. The van der Waals surface area contributed by atoms with Crippen LogP contribution in [0.1, 0.15) is 25.3 Å². The Hall–Kier alpha value is -1.29.